The minimum absolute atomic E-state index is 0.00738. The van der Waals surface area contributed by atoms with Crippen molar-refractivity contribution in [2.45, 2.75) is 31.3 Å². The topological polar surface area (TPSA) is 33.2 Å². The molecule has 5 heteroatoms. The van der Waals surface area contributed by atoms with E-state index in [1.807, 2.05) is 17.0 Å². The van der Waals surface area contributed by atoms with Crippen molar-refractivity contribution in [3.8, 4) is 0 Å². The van der Waals surface area contributed by atoms with Gasteiger partial charge < -0.3 is 4.90 Å². The van der Waals surface area contributed by atoms with Crippen LogP contribution in [0.3, 0.4) is 0 Å². The Bertz CT molecular complexity index is 881. The summed E-state index contributed by atoms with van der Waals surface area (Å²) in [6.45, 7) is 0.618. The molecule has 0 bridgehead atoms. The monoisotopic (exact) mass is 428 g/mol. The first-order chi connectivity index (χ1) is 12.6. The Kier molecular flexibility index (Phi) is 5.09. The number of nitrogens with zero attached hydrogens (tertiary/aromatic N) is 2. The molecule has 134 valence electrons. The maximum atomic E-state index is 13.6. The van der Waals surface area contributed by atoms with Crippen molar-refractivity contribution in [1.29, 1.82) is 0 Å². The first-order valence-corrected chi connectivity index (χ1v) is 11.2. The molecule has 2 aromatic rings. The summed E-state index contributed by atoms with van der Waals surface area (Å²) < 4.78 is 1.04. The number of fused-ring (bicyclic) bond motifs is 1. The van der Waals surface area contributed by atoms with E-state index in [-0.39, 0.29) is 28.4 Å². The molecule has 2 aliphatic rings. The van der Waals surface area contributed by atoms with Gasteiger partial charge >= 0.3 is 0 Å². The number of rotatable bonds is 4. The van der Waals surface area contributed by atoms with Crippen molar-refractivity contribution in [1.82, 2.24) is 9.88 Å². The molecule has 1 aromatic heterocycles. The van der Waals surface area contributed by atoms with Gasteiger partial charge in [-0.25, -0.2) is 0 Å². The fourth-order valence-electron chi connectivity index (χ4n) is 3.80. The van der Waals surface area contributed by atoms with Crippen molar-refractivity contribution in [3.63, 3.8) is 0 Å². The average molecular weight is 429 g/mol. The first-order valence-electron chi connectivity index (χ1n) is 8.77. The molecule has 2 heterocycles. The second-order valence-corrected chi connectivity index (χ2v) is 9.45. The van der Waals surface area contributed by atoms with Crippen LogP contribution in [0, 0.1) is 0 Å². The second-order valence-electron chi connectivity index (χ2n) is 6.86. The molecule has 3 unspecified atom stereocenters. The van der Waals surface area contributed by atoms with Gasteiger partial charge in [-0.1, -0.05) is 33.9 Å². The predicted octanol–water partition coefficient (Wildman–Crippen LogP) is 4.50. The lowest BCUT2D eigenvalue weighted by Gasteiger charge is -2.31. The summed E-state index contributed by atoms with van der Waals surface area (Å²) in [5.41, 5.74) is 3.60. The number of carbonyl (C=O) groups excluding carboxylic acids is 1. The molecule has 0 saturated carbocycles. The van der Waals surface area contributed by atoms with E-state index in [1.54, 1.807) is 12.4 Å². The number of pyridine rings is 1. The minimum Gasteiger partial charge on any atom is -0.331 e. The summed E-state index contributed by atoms with van der Waals surface area (Å²) in [6, 6.07) is 10.4. The minimum atomic E-state index is -0.0510. The highest BCUT2D eigenvalue weighted by Crippen LogP contribution is 2.38. The zero-order valence-electron chi connectivity index (χ0n) is 14.5. The van der Waals surface area contributed by atoms with Gasteiger partial charge in [-0.15, -0.1) is 0 Å². The lowest BCUT2D eigenvalue weighted by molar-refractivity contribution is -0.134. The number of aryl methyl sites for hydroxylation is 1. The maximum absolute atomic E-state index is 13.6. The van der Waals surface area contributed by atoms with Gasteiger partial charge in [-0.3, -0.25) is 9.78 Å². The maximum Gasteiger partial charge on any atom is 0.230 e. The van der Waals surface area contributed by atoms with Crippen LogP contribution < -0.4 is 0 Å². The van der Waals surface area contributed by atoms with Crippen molar-refractivity contribution in [2.24, 2.45) is 0 Å². The SMILES string of the molecule is C=S1C=CC(N(Cc2ccncc2)C(=O)C2CCc3ccc(Br)cc32)C1. The summed E-state index contributed by atoms with van der Waals surface area (Å²) >= 11 is 3.56. The van der Waals surface area contributed by atoms with Crippen LogP contribution in [0.15, 0.2) is 58.7 Å². The van der Waals surface area contributed by atoms with E-state index in [1.165, 1.54) is 11.1 Å². The Hall–Kier alpha value is -1.72. The molecule has 0 N–H and O–H groups in total. The number of halogens is 1. The van der Waals surface area contributed by atoms with Crippen molar-refractivity contribution in [3.05, 3.63) is 75.4 Å². The number of hydrogen-bond acceptors (Lipinski definition) is 2. The van der Waals surface area contributed by atoms with Crippen LogP contribution in [0.25, 0.3) is 0 Å². The molecule has 4 rings (SSSR count). The molecule has 1 aliphatic carbocycles. The van der Waals surface area contributed by atoms with E-state index in [4.69, 9.17) is 0 Å². The molecule has 3 nitrogen and oxygen atoms in total. The van der Waals surface area contributed by atoms with Crippen molar-refractivity contribution in [2.75, 3.05) is 5.75 Å². The standard InChI is InChI=1S/C21H21BrN2OS/c1-26-11-8-18(14-26)24(13-15-6-9-23-10-7-15)21(25)19-5-3-16-2-4-17(22)12-20(16)19/h2,4,6-12,18-19H,1,3,5,13-14H2. The highest BCUT2D eigenvalue weighted by Gasteiger charge is 2.35. The highest BCUT2D eigenvalue weighted by molar-refractivity contribution is 9.10. The third-order valence-corrected chi connectivity index (χ3v) is 6.95. The van der Waals surface area contributed by atoms with Crippen LogP contribution >= 0.6 is 26.4 Å². The number of hydrogen-bond donors (Lipinski definition) is 0. The fraction of sp³-hybridized carbons (Fsp3) is 0.286. The number of aromatic nitrogens is 1. The summed E-state index contributed by atoms with van der Waals surface area (Å²) in [7, 11) is 0.00738. The molecule has 1 aliphatic heterocycles. The lowest BCUT2D eigenvalue weighted by Crippen LogP contribution is -2.41. The van der Waals surface area contributed by atoms with E-state index in [0.29, 0.717) is 6.54 Å². The Balaban J connectivity index is 1.64. The Labute approximate surface area is 165 Å². The van der Waals surface area contributed by atoms with E-state index in [2.05, 4.69) is 56.5 Å². The third-order valence-electron chi connectivity index (χ3n) is 5.15. The van der Waals surface area contributed by atoms with Gasteiger partial charge in [-0.2, -0.15) is 10.5 Å². The Morgan fingerprint density at radius 3 is 2.85 bits per heavy atom. The molecule has 0 fully saturated rings. The first kappa shape index (κ1) is 17.7. The Morgan fingerprint density at radius 2 is 2.12 bits per heavy atom. The van der Waals surface area contributed by atoms with Crippen LogP contribution in [0.2, 0.25) is 0 Å². The van der Waals surface area contributed by atoms with Gasteiger partial charge in [0.1, 0.15) is 0 Å². The molecule has 0 spiro atoms. The van der Waals surface area contributed by atoms with Crippen LogP contribution in [0.4, 0.5) is 0 Å². The van der Waals surface area contributed by atoms with Gasteiger partial charge in [0.2, 0.25) is 5.91 Å². The van der Waals surface area contributed by atoms with Gasteiger partial charge in [0.05, 0.1) is 12.0 Å². The number of carbonyl (C=O) groups is 1. The fourth-order valence-corrected chi connectivity index (χ4v) is 5.42. The third kappa shape index (κ3) is 3.55. The molecule has 1 amide bonds. The van der Waals surface area contributed by atoms with Crippen LogP contribution in [0.5, 0.6) is 0 Å². The molecular formula is C21H21BrN2OS. The molecule has 0 saturated heterocycles. The van der Waals surface area contributed by atoms with E-state index >= 15 is 0 Å². The van der Waals surface area contributed by atoms with Crippen molar-refractivity contribution >= 4 is 38.2 Å². The van der Waals surface area contributed by atoms with Gasteiger partial charge in [0.25, 0.3) is 0 Å². The van der Waals surface area contributed by atoms with Crippen LogP contribution in [-0.4, -0.2) is 33.5 Å². The Morgan fingerprint density at radius 1 is 1.31 bits per heavy atom. The lowest BCUT2D eigenvalue weighted by atomic mass is 9.98. The smallest absolute Gasteiger partial charge is 0.230 e. The van der Waals surface area contributed by atoms with Gasteiger partial charge in [-0.05, 0) is 59.2 Å². The molecule has 26 heavy (non-hydrogen) atoms. The van der Waals surface area contributed by atoms with Crippen LogP contribution in [-0.2, 0) is 17.8 Å². The summed E-state index contributed by atoms with van der Waals surface area (Å²) in [5, 5.41) is 2.15. The van der Waals surface area contributed by atoms with Gasteiger partial charge in [0.15, 0.2) is 0 Å². The molecule has 3 atom stereocenters. The number of benzene rings is 1. The van der Waals surface area contributed by atoms with Crippen LogP contribution in [0.1, 0.15) is 29.0 Å². The summed E-state index contributed by atoms with van der Waals surface area (Å²) in [4.78, 5) is 19.7. The molecular weight excluding hydrogens is 408 g/mol. The normalized spacial score (nSPS) is 23.8. The zero-order chi connectivity index (χ0) is 18.1. The highest BCUT2D eigenvalue weighted by atomic mass is 79.9. The average Bonchev–Trinajstić information content (AvgIpc) is 3.26. The molecule has 1 aromatic carbocycles. The largest absolute Gasteiger partial charge is 0.331 e. The van der Waals surface area contributed by atoms with E-state index < -0.39 is 0 Å². The second kappa shape index (κ2) is 7.49. The molecule has 0 radical (unpaired) electrons. The predicted molar refractivity (Wildman–Crippen MR) is 112 cm³/mol. The summed E-state index contributed by atoms with van der Waals surface area (Å²) in [5.74, 6) is 5.27. The number of amides is 1. The van der Waals surface area contributed by atoms with Gasteiger partial charge in [0, 0.05) is 29.2 Å². The van der Waals surface area contributed by atoms with E-state index in [0.717, 1.165) is 28.6 Å². The quantitative estimate of drug-likeness (QED) is 0.671. The summed E-state index contributed by atoms with van der Waals surface area (Å²) in [6.07, 6.45) is 7.60. The zero-order valence-corrected chi connectivity index (χ0v) is 16.9. The van der Waals surface area contributed by atoms with E-state index in [9.17, 15) is 4.79 Å². The van der Waals surface area contributed by atoms with Crippen molar-refractivity contribution < 1.29 is 4.79 Å².